The Kier molecular flexibility index (Phi) is 6.11. The number of carbonyl (C=O) groups is 1. The lowest BCUT2D eigenvalue weighted by Crippen LogP contribution is -2.39. The highest BCUT2D eigenvalue weighted by Gasteiger charge is 2.34. The van der Waals surface area contributed by atoms with E-state index in [-0.39, 0.29) is 18.0 Å². The molecule has 0 atom stereocenters. The highest BCUT2D eigenvalue weighted by Crippen LogP contribution is 2.28. The minimum absolute atomic E-state index is 0.0343. The minimum atomic E-state index is -4.51. The van der Waals surface area contributed by atoms with Crippen LogP contribution < -0.4 is 4.90 Å². The number of aromatic nitrogens is 1. The van der Waals surface area contributed by atoms with Crippen LogP contribution in [0, 0.1) is 6.92 Å². The van der Waals surface area contributed by atoms with Crippen LogP contribution in [0.2, 0.25) is 10.0 Å². The van der Waals surface area contributed by atoms with Gasteiger partial charge in [0.2, 0.25) is 5.91 Å². The molecule has 0 aliphatic carbocycles. The fourth-order valence-corrected chi connectivity index (χ4v) is 3.26. The number of halogens is 5. The molecule has 0 saturated heterocycles. The third kappa shape index (κ3) is 5.09. The molecule has 0 bridgehead atoms. The van der Waals surface area contributed by atoms with E-state index < -0.39 is 18.6 Å². The van der Waals surface area contributed by atoms with E-state index in [0.29, 0.717) is 26.2 Å². The Morgan fingerprint density at radius 2 is 2.04 bits per heavy atom. The van der Waals surface area contributed by atoms with E-state index in [1.54, 1.807) is 30.5 Å². The predicted octanol–water partition coefficient (Wildman–Crippen LogP) is 5.29. The first-order valence-electron chi connectivity index (χ1n) is 6.89. The third-order valence-electron chi connectivity index (χ3n) is 3.12. The molecule has 130 valence electrons. The van der Waals surface area contributed by atoms with E-state index in [0.717, 1.165) is 11.3 Å². The first-order valence-corrected chi connectivity index (χ1v) is 8.53. The Morgan fingerprint density at radius 1 is 1.33 bits per heavy atom. The molecule has 24 heavy (non-hydrogen) atoms. The number of rotatable bonds is 5. The molecule has 1 aromatic carbocycles. The molecule has 9 heteroatoms. The zero-order valence-corrected chi connectivity index (χ0v) is 14.9. The summed E-state index contributed by atoms with van der Waals surface area (Å²) >= 11 is 12.9. The second-order valence-corrected chi connectivity index (χ2v) is 6.70. The summed E-state index contributed by atoms with van der Waals surface area (Å²) in [6, 6.07) is 4.96. The van der Waals surface area contributed by atoms with Crippen molar-refractivity contribution < 1.29 is 18.0 Å². The summed E-state index contributed by atoms with van der Waals surface area (Å²) in [7, 11) is 0. The molecule has 0 aliphatic rings. The molecule has 1 heterocycles. The normalized spacial score (nSPS) is 11.6. The largest absolute Gasteiger partial charge is 0.406 e. The van der Waals surface area contributed by atoms with Gasteiger partial charge in [0.25, 0.3) is 0 Å². The van der Waals surface area contributed by atoms with Crippen molar-refractivity contribution in [3.8, 4) is 0 Å². The van der Waals surface area contributed by atoms with E-state index in [2.05, 4.69) is 4.98 Å². The fourth-order valence-electron chi connectivity index (χ4n) is 2.03. The average Bonchev–Trinajstić information content (AvgIpc) is 2.91. The molecular weight excluding hydrogens is 384 g/mol. The Morgan fingerprint density at radius 3 is 2.62 bits per heavy atom. The van der Waals surface area contributed by atoms with Crippen LogP contribution in [-0.4, -0.2) is 23.6 Å². The van der Waals surface area contributed by atoms with Crippen LogP contribution >= 0.6 is 34.5 Å². The lowest BCUT2D eigenvalue weighted by Gasteiger charge is -2.21. The van der Waals surface area contributed by atoms with Crippen LogP contribution in [0.3, 0.4) is 0 Å². The SMILES string of the molecule is Cc1csc(N(CC(F)(F)F)C(=O)CCc2cccc(Cl)c2Cl)n1. The fraction of sp³-hybridized carbons (Fsp3) is 0.333. The molecule has 1 amide bonds. The predicted molar refractivity (Wildman–Crippen MR) is 90.0 cm³/mol. The quantitative estimate of drug-likeness (QED) is 0.687. The van der Waals surface area contributed by atoms with Crippen LogP contribution in [0.25, 0.3) is 0 Å². The Labute approximate surface area is 151 Å². The minimum Gasteiger partial charge on any atom is -0.279 e. The second kappa shape index (κ2) is 7.72. The maximum Gasteiger partial charge on any atom is 0.406 e. The number of carbonyl (C=O) groups excluding carboxylic acids is 1. The number of hydrogen-bond acceptors (Lipinski definition) is 3. The molecule has 0 spiro atoms. The third-order valence-corrected chi connectivity index (χ3v) is 4.96. The van der Waals surface area contributed by atoms with Gasteiger partial charge in [0.05, 0.1) is 15.7 Å². The maximum absolute atomic E-state index is 12.8. The van der Waals surface area contributed by atoms with Crippen LogP contribution in [-0.2, 0) is 11.2 Å². The van der Waals surface area contributed by atoms with Crippen molar-refractivity contribution in [3.63, 3.8) is 0 Å². The molecule has 1 aromatic heterocycles. The lowest BCUT2D eigenvalue weighted by atomic mass is 10.1. The summed E-state index contributed by atoms with van der Waals surface area (Å²) in [5, 5.41) is 2.27. The first-order chi connectivity index (χ1) is 11.2. The summed E-state index contributed by atoms with van der Waals surface area (Å²) in [6.07, 6.45) is -4.45. The lowest BCUT2D eigenvalue weighted by molar-refractivity contribution is -0.132. The second-order valence-electron chi connectivity index (χ2n) is 5.08. The molecule has 0 unspecified atom stereocenters. The van der Waals surface area contributed by atoms with E-state index in [4.69, 9.17) is 23.2 Å². The van der Waals surface area contributed by atoms with E-state index in [9.17, 15) is 18.0 Å². The summed E-state index contributed by atoms with van der Waals surface area (Å²) < 4.78 is 38.3. The summed E-state index contributed by atoms with van der Waals surface area (Å²) in [5.74, 6) is -0.669. The van der Waals surface area contributed by atoms with E-state index in [1.807, 2.05) is 0 Å². The van der Waals surface area contributed by atoms with Gasteiger partial charge >= 0.3 is 6.18 Å². The zero-order valence-electron chi connectivity index (χ0n) is 12.5. The first kappa shape index (κ1) is 19.0. The number of alkyl halides is 3. The van der Waals surface area contributed by atoms with Gasteiger partial charge < -0.3 is 0 Å². The molecular formula is C15H13Cl2F3N2OS. The number of amides is 1. The molecule has 0 radical (unpaired) electrons. The highest BCUT2D eigenvalue weighted by atomic mass is 35.5. The Bertz CT molecular complexity index is 734. The van der Waals surface area contributed by atoms with Crippen molar-refractivity contribution in [2.24, 2.45) is 0 Å². The summed E-state index contributed by atoms with van der Waals surface area (Å²) in [5.41, 5.74) is 1.17. The van der Waals surface area contributed by atoms with Gasteiger partial charge in [0, 0.05) is 11.8 Å². The molecule has 0 saturated carbocycles. The number of aryl methyl sites for hydroxylation is 2. The standard InChI is InChI=1S/C15H13Cl2F3N2OS/c1-9-7-24-14(21-9)22(8-15(18,19)20)12(23)6-5-10-3-2-4-11(16)13(10)17/h2-4,7H,5-6,8H2,1H3. The molecule has 0 aliphatic heterocycles. The van der Waals surface area contributed by atoms with Gasteiger partial charge in [-0.3, -0.25) is 9.69 Å². The monoisotopic (exact) mass is 396 g/mol. The van der Waals surface area contributed by atoms with Crippen LogP contribution in [0.5, 0.6) is 0 Å². The number of anilines is 1. The van der Waals surface area contributed by atoms with E-state index in [1.165, 1.54) is 0 Å². The number of hydrogen-bond donors (Lipinski definition) is 0. The highest BCUT2D eigenvalue weighted by molar-refractivity contribution is 7.14. The van der Waals surface area contributed by atoms with Gasteiger partial charge in [-0.2, -0.15) is 13.2 Å². The molecule has 3 nitrogen and oxygen atoms in total. The molecule has 2 aromatic rings. The van der Waals surface area contributed by atoms with Gasteiger partial charge in [-0.25, -0.2) is 4.98 Å². The Hall–Kier alpha value is -1.31. The van der Waals surface area contributed by atoms with Crippen molar-refractivity contribution in [2.75, 3.05) is 11.4 Å². The number of thiazole rings is 1. The smallest absolute Gasteiger partial charge is 0.279 e. The van der Waals surface area contributed by atoms with Crippen molar-refractivity contribution in [1.82, 2.24) is 4.98 Å². The van der Waals surface area contributed by atoms with Crippen LogP contribution in [0.4, 0.5) is 18.3 Å². The molecule has 0 fully saturated rings. The maximum atomic E-state index is 12.8. The van der Waals surface area contributed by atoms with Gasteiger partial charge in [-0.1, -0.05) is 35.3 Å². The van der Waals surface area contributed by atoms with Gasteiger partial charge in [0.1, 0.15) is 6.54 Å². The van der Waals surface area contributed by atoms with Crippen LogP contribution in [0.1, 0.15) is 17.7 Å². The van der Waals surface area contributed by atoms with Crippen molar-refractivity contribution in [1.29, 1.82) is 0 Å². The Balaban J connectivity index is 2.14. The summed E-state index contributed by atoms with van der Waals surface area (Å²) in [4.78, 5) is 17.0. The van der Waals surface area contributed by atoms with Crippen molar-refractivity contribution in [2.45, 2.75) is 25.9 Å². The number of benzene rings is 1. The average molecular weight is 397 g/mol. The summed E-state index contributed by atoms with van der Waals surface area (Å²) in [6.45, 7) is 0.282. The van der Waals surface area contributed by atoms with Crippen molar-refractivity contribution >= 4 is 45.6 Å². The van der Waals surface area contributed by atoms with Crippen molar-refractivity contribution in [3.05, 3.63) is 44.9 Å². The van der Waals surface area contributed by atoms with Gasteiger partial charge in [-0.05, 0) is 25.0 Å². The van der Waals surface area contributed by atoms with Gasteiger partial charge in [-0.15, -0.1) is 11.3 Å². The zero-order chi connectivity index (χ0) is 17.9. The number of nitrogens with zero attached hydrogens (tertiary/aromatic N) is 2. The van der Waals surface area contributed by atoms with E-state index >= 15 is 0 Å². The van der Waals surface area contributed by atoms with Gasteiger partial charge in [0.15, 0.2) is 5.13 Å². The van der Waals surface area contributed by atoms with Crippen LogP contribution in [0.15, 0.2) is 23.6 Å². The molecule has 0 N–H and O–H groups in total. The topological polar surface area (TPSA) is 33.2 Å². The molecule has 2 rings (SSSR count).